The Kier molecular flexibility index (Phi) is 6.36. The van der Waals surface area contributed by atoms with Crippen molar-refractivity contribution < 1.29 is 18.8 Å². The number of carbonyl (C=O) groups is 1. The quantitative estimate of drug-likeness (QED) is 0.812. The second-order valence-corrected chi connectivity index (χ2v) is 6.17. The average molecular weight is 322 g/mol. The van der Waals surface area contributed by atoms with Gasteiger partial charge in [0.2, 0.25) is 5.91 Å². The first-order valence-corrected chi connectivity index (χ1v) is 8.01. The van der Waals surface area contributed by atoms with E-state index in [0.717, 1.165) is 17.7 Å². The van der Waals surface area contributed by atoms with Gasteiger partial charge >= 0.3 is 0 Å². The number of carbonyl (C=O) groups excluding carboxylic acids is 1. The molecule has 6 heteroatoms. The zero-order valence-electron chi connectivity index (χ0n) is 14.3. The highest BCUT2D eigenvalue weighted by molar-refractivity contribution is 5.79. The summed E-state index contributed by atoms with van der Waals surface area (Å²) in [6.07, 6.45) is 3.07. The first kappa shape index (κ1) is 17.7. The first-order chi connectivity index (χ1) is 11.0. The van der Waals surface area contributed by atoms with Gasteiger partial charge in [0.1, 0.15) is 5.76 Å². The van der Waals surface area contributed by atoms with E-state index < -0.39 is 0 Å². The summed E-state index contributed by atoms with van der Waals surface area (Å²) in [5.41, 5.74) is 2.83. The second kappa shape index (κ2) is 8.26. The van der Waals surface area contributed by atoms with E-state index in [9.17, 15) is 4.79 Å². The third-order valence-electron chi connectivity index (χ3n) is 3.96. The molecule has 6 nitrogen and oxygen atoms in total. The van der Waals surface area contributed by atoms with E-state index in [1.54, 1.807) is 0 Å². The molecule has 128 valence electrons. The summed E-state index contributed by atoms with van der Waals surface area (Å²) in [5, 5.41) is 6.90. The highest BCUT2D eigenvalue weighted by Gasteiger charge is 2.28. The van der Waals surface area contributed by atoms with E-state index in [-0.39, 0.29) is 24.5 Å². The summed E-state index contributed by atoms with van der Waals surface area (Å²) < 4.78 is 16.5. The molecule has 0 unspecified atom stereocenters. The van der Waals surface area contributed by atoms with Crippen LogP contribution in [0.15, 0.2) is 16.2 Å². The number of rotatable bonds is 6. The van der Waals surface area contributed by atoms with Gasteiger partial charge in [-0.25, -0.2) is 0 Å². The highest BCUT2D eigenvalue weighted by Crippen LogP contribution is 2.15. The van der Waals surface area contributed by atoms with Crippen LogP contribution < -0.4 is 5.32 Å². The Bertz CT molecular complexity index is 541. The van der Waals surface area contributed by atoms with Gasteiger partial charge in [-0.1, -0.05) is 16.8 Å². The number of aromatic nitrogens is 1. The Morgan fingerprint density at radius 3 is 2.87 bits per heavy atom. The summed E-state index contributed by atoms with van der Waals surface area (Å²) >= 11 is 0. The lowest BCUT2D eigenvalue weighted by atomic mass is 10.1. The Balaban J connectivity index is 1.90. The number of hydrogen-bond donors (Lipinski definition) is 1. The molecule has 0 radical (unpaired) electrons. The van der Waals surface area contributed by atoms with E-state index in [1.807, 2.05) is 33.8 Å². The molecule has 1 aromatic heterocycles. The molecular weight excluding hydrogens is 296 g/mol. The summed E-state index contributed by atoms with van der Waals surface area (Å²) in [6.45, 7) is 9.43. The number of ether oxygens (including phenoxy) is 2. The Morgan fingerprint density at radius 1 is 1.43 bits per heavy atom. The zero-order chi connectivity index (χ0) is 16.8. The monoisotopic (exact) mass is 322 g/mol. The number of aryl methyl sites for hydroxylation is 2. The SMILES string of the molecule is CC(C)=CCO[C@@H]1CCOC[C@@H]1NC(=O)Cc1c(C)noc1C. The van der Waals surface area contributed by atoms with Crippen LogP contribution in [-0.4, -0.2) is 43.0 Å². The molecule has 0 aliphatic carbocycles. The molecule has 1 N–H and O–H groups in total. The molecule has 2 heterocycles. The molecule has 23 heavy (non-hydrogen) atoms. The lowest BCUT2D eigenvalue weighted by Crippen LogP contribution is -2.51. The predicted molar refractivity (Wildman–Crippen MR) is 86.2 cm³/mol. The van der Waals surface area contributed by atoms with Crippen molar-refractivity contribution in [2.24, 2.45) is 0 Å². The van der Waals surface area contributed by atoms with Crippen LogP contribution in [0, 0.1) is 13.8 Å². The van der Waals surface area contributed by atoms with Crippen LogP contribution in [0.1, 0.15) is 37.3 Å². The minimum atomic E-state index is -0.123. The molecule has 1 fully saturated rings. The number of nitrogens with one attached hydrogen (secondary N) is 1. The molecule has 1 amide bonds. The second-order valence-electron chi connectivity index (χ2n) is 6.17. The molecule has 1 aromatic rings. The fourth-order valence-electron chi connectivity index (χ4n) is 2.56. The minimum absolute atomic E-state index is 0.0204. The van der Waals surface area contributed by atoms with Gasteiger partial charge in [0.05, 0.1) is 37.5 Å². The molecule has 1 saturated heterocycles. The normalized spacial score (nSPS) is 21.0. The van der Waals surface area contributed by atoms with Crippen LogP contribution in [0.4, 0.5) is 0 Å². The van der Waals surface area contributed by atoms with Crippen LogP contribution >= 0.6 is 0 Å². The maximum atomic E-state index is 12.3. The van der Waals surface area contributed by atoms with Gasteiger partial charge < -0.3 is 19.3 Å². The summed E-state index contributed by atoms with van der Waals surface area (Å²) in [6, 6.07) is -0.123. The molecular formula is C17H26N2O4. The molecule has 1 aliphatic heterocycles. The van der Waals surface area contributed by atoms with Gasteiger partial charge in [-0.15, -0.1) is 0 Å². The van der Waals surface area contributed by atoms with Gasteiger partial charge in [-0.3, -0.25) is 4.79 Å². The summed E-state index contributed by atoms with van der Waals surface area (Å²) in [4.78, 5) is 12.3. The van der Waals surface area contributed by atoms with Crippen molar-refractivity contribution >= 4 is 5.91 Å². The van der Waals surface area contributed by atoms with E-state index in [1.165, 1.54) is 5.57 Å². The van der Waals surface area contributed by atoms with Crippen LogP contribution in [0.25, 0.3) is 0 Å². The van der Waals surface area contributed by atoms with E-state index in [2.05, 4.69) is 10.5 Å². The Hall–Kier alpha value is -1.66. The highest BCUT2D eigenvalue weighted by atomic mass is 16.5. The van der Waals surface area contributed by atoms with Crippen LogP contribution in [0.5, 0.6) is 0 Å². The van der Waals surface area contributed by atoms with Crippen LogP contribution in [-0.2, 0) is 20.7 Å². The minimum Gasteiger partial charge on any atom is -0.379 e. The molecule has 0 saturated carbocycles. The lowest BCUT2D eigenvalue weighted by molar-refractivity contribution is -0.125. The number of amides is 1. The summed E-state index contributed by atoms with van der Waals surface area (Å²) in [7, 11) is 0. The largest absolute Gasteiger partial charge is 0.379 e. The fourth-order valence-corrected chi connectivity index (χ4v) is 2.56. The van der Waals surface area contributed by atoms with Gasteiger partial charge in [-0.05, 0) is 34.1 Å². The van der Waals surface area contributed by atoms with Crippen molar-refractivity contribution in [1.82, 2.24) is 10.5 Å². The molecule has 0 bridgehead atoms. The van der Waals surface area contributed by atoms with Gasteiger partial charge in [0.25, 0.3) is 0 Å². The lowest BCUT2D eigenvalue weighted by Gasteiger charge is -2.31. The number of allylic oxidation sites excluding steroid dienone is 1. The van der Waals surface area contributed by atoms with Gasteiger partial charge in [0, 0.05) is 12.2 Å². The van der Waals surface area contributed by atoms with Crippen LogP contribution in [0.2, 0.25) is 0 Å². The third-order valence-corrected chi connectivity index (χ3v) is 3.96. The van der Waals surface area contributed by atoms with E-state index in [4.69, 9.17) is 14.0 Å². The standard InChI is InChI=1S/C17H26N2O4/c1-11(2)5-8-22-16-6-7-21-10-15(16)18-17(20)9-14-12(3)19-23-13(14)4/h5,15-16H,6-10H2,1-4H3,(H,18,20)/t15-,16+/m0/s1. The zero-order valence-corrected chi connectivity index (χ0v) is 14.3. The van der Waals surface area contributed by atoms with Crippen LogP contribution in [0.3, 0.4) is 0 Å². The van der Waals surface area contributed by atoms with E-state index >= 15 is 0 Å². The molecule has 0 aromatic carbocycles. The average Bonchev–Trinajstić information content (AvgIpc) is 2.80. The number of hydrogen-bond acceptors (Lipinski definition) is 5. The van der Waals surface area contributed by atoms with Gasteiger partial charge in [0.15, 0.2) is 0 Å². The van der Waals surface area contributed by atoms with Gasteiger partial charge in [-0.2, -0.15) is 0 Å². The maximum absolute atomic E-state index is 12.3. The van der Waals surface area contributed by atoms with Crippen molar-refractivity contribution in [3.63, 3.8) is 0 Å². The maximum Gasteiger partial charge on any atom is 0.225 e. The first-order valence-electron chi connectivity index (χ1n) is 8.01. The Morgan fingerprint density at radius 2 is 2.22 bits per heavy atom. The third kappa shape index (κ3) is 5.18. The van der Waals surface area contributed by atoms with Crippen molar-refractivity contribution in [3.8, 4) is 0 Å². The van der Waals surface area contributed by atoms with Crippen molar-refractivity contribution in [2.75, 3.05) is 19.8 Å². The molecule has 0 spiro atoms. The van der Waals surface area contributed by atoms with E-state index in [0.29, 0.717) is 25.6 Å². The smallest absolute Gasteiger partial charge is 0.225 e. The predicted octanol–water partition coefficient (Wildman–Crippen LogP) is 2.09. The van der Waals surface area contributed by atoms with Crippen molar-refractivity contribution in [1.29, 1.82) is 0 Å². The van der Waals surface area contributed by atoms with Crippen molar-refractivity contribution in [2.45, 2.75) is 52.7 Å². The number of nitrogens with zero attached hydrogens (tertiary/aromatic N) is 1. The fraction of sp³-hybridized carbons (Fsp3) is 0.647. The topological polar surface area (TPSA) is 73.6 Å². The molecule has 2 atom stereocenters. The van der Waals surface area contributed by atoms with Crippen molar-refractivity contribution in [3.05, 3.63) is 28.7 Å². The molecule has 1 aliphatic rings. The summed E-state index contributed by atoms with van der Waals surface area (Å²) in [5.74, 6) is 0.625. The Labute approximate surface area is 137 Å². The molecule has 2 rings (SSSR count).